The average molecular weight is 657 g/mol. The molecule has 0 saturated heterocycles. The highest BCUT2D eigenvalue weighted by molar-refractivity contribution is 6.84. The molecule has 3 heteroatoms. The molecule has 0 amide bonds. The van der Waals surface area contributed by atoms with E-state index in [9.17, 15) is 0 Å². The maximum atomic E-state index is 5.74. The van der Waals surface area contributed by atoms with E-state index in [0.29, 0.717) is 11.8 Å². The minimum absolute atomic E-state index is 0.259. The molecule has 8 rings (SSSR count). The summed E-state index contributed by atoms with van der Waals surface area (Å²) in [6.07, 6.45) is 12.4. The molecular formula is C46H44O2Si. The molecule has 6 aromatic rings. The van der Waals surface area contributed by atoms with E-state index < -0.39 is 8.07 Å². The summed E-state index contributed by atoms with van der Waals surface area (Å²) >= 11 is 0. The minimum atomic E-state index is -2.29. The summed E-state index contributed by atoms with van der Waals surface area (Å²) in [5, 5.41) is 0. The molecule has 2 aliphatic carbocycles. The van der Waals surface area contributed by atoms with Crippen LogP contribution in [0.25, 0.3) is 45.6 Å². The van der Waals surface area contributed by atoms with Gasteiger partial charge >= 0.3 is 0 Å². The third-order valence-electron chi connectivity index (χ3n) is 11.1. The average Bonchev–Trinajstić information content (AvgIpc) is 3.93. The van der Waals surface area contributed by atoms with Gasteiger partial charge in [-0.05, 0) is 103 Å². The third kappa shape index (κ3) is 5.32. The van der Waals surface area contributed by atoms with Crippen molar-refractivity contribution in [2.24, 2.45) is 0 Å². The van der Waals surface area contributed by atoms with Gasteiger partial charge in [0.1, 0.15) is 0 Å². The molecule has 2 aromatic heterocycles. The van der Waals surface area contributed by atoms with E-state index in [2.05, 4.69) is 150 Å². The molecule has 0 saturated carbocycles. The fraction of sp³-hybridized carbons (Fsp3) is 0.217. The Kier molecular flexibility index (Phi) is 7.84. The lowest BCUT2D eigenvalue weighted by atomic mass is 9.94. The van der Waals surface area contributed by atoms with Crippen LogP contribution >= 0.6 is 0 Å². The summed E-state index contributed by atoms with van der Waals surface area (Å²) in [6, 6.07) is 36.5. The van der Waals surface area contributed by atoms with Crippen LogP contribution in [-0.2, 0) is 0 Å². The Morgan fingerprint density at radius 2 is 0.898 bits per heavy atom. The van der Waals surface area contributed by atoms with Gasteiger partial charge in [0.15, 0.2) is 0 Å². The number of rotatable bonds is 8. The van der Waals surface area contributed by atoms with Crippen molar-refractivity contribution in [2.75, 3.05) is 0 Å². The van der Waals surface area contributed by atoms with Gasteiger partial charge < -0.3 is 8.83 Å². The Morgan fingerprint density at radius 3 is 1.24 bits per heavy atom. The molecule has 0 spiro atoms. The molecule has 0 N–H and O–H groups in total. The van der Waals surface area contributed by atoms with Crippen molar-refractivity contribution in [2.45, 2.75) is 63.7 Å². The SMILES string of the molecule is CC(C)c1ccc(-c2cccc3c2C=C(c2ccoc2)C3[Si](C)(C)C2C(c3ccoc3)=Cc3c(-c4ccc(C(C)C)cc4)cccc32)cc1. The topological polar surface area (TPSA) is 26.3 Å². The van der Waals surface area contributed by atoms with Gasteiger partial charge in [0.05, 0.1) is 33.1 Å². The summed E-state index contributed by atoms with van der Waals surface area (Å²) in [7, 11) is -2.29. The van der Waals surface area contributed by atoms with E-state index in [4.69, 9.17) is 8.83 Å². The fourth-order valence-electron chi connectivity index (χ4n) is 8.53. The number of hydrogen-bond donors (Lipinski definition) is 0. The van der Waals surface area contributed by atoms with Gasteiger partial charge in [-0.2, -0.15) is 0 Å². The molecular weight excluding hydrogens is 613 g/mol. The minimum Gasteiger partial charge on any atom is -0.472 e. The van der Waals surface area contributed by atoms with Crippen LogP contribution in [0.4, 0.5) is 0 Å². The number of hydrogen-bond acceptors (Lipinski definition) is 2. The quantitative estimate of drug-likeness (QED) is 0.152. The van der Waals surface area contributed by atoms with E-state index in [1.807, 2.05) is 25.1 Å². The Bertz CT molecular complexity index is 2020. The van der Waals surface area contributed by atoms with Crippen LogP contribution in [0.3, 0.4) is 0 Å². The maximum Gasteiger partial charge on any atom is 0.0977 e. The lowest BCUT2D eigenvalue weighted by Crippen LogP contribution is -2.42. The molecule has 0 bridgehead atoms. The zero-order valence-electron chi connectivity index (χ0n) is 29.3. The molecule has 244 valence electrons. The lowest BCUT2D eigenvalue weighted by Gasteiger charge is -2.40. The van der Waals surface area contributed by atoms with Crippen LogP contribution in [0.5, 0.6) is 0 Å². The standard InChI is InChI=1S/C46H44O2Si/c1-29(2)31-13-17-33(18-14-31)37-9-7-11-39-43(37)25-41(35-21-23-47-27-35)45(39)49(5,6)46-40-12-8-10-38(34-19-15-32(16-20-34)30(3)4)44(40)26-42(46)36-22-24-48-28-36/h7-30,45-46H,1-6H3. The molecule has 4 aromatic carbocycles. The Morgan fingerprint density at radius 1 is 0.490 bits per heavy atom. The van der Waals surface area contributed by atoms with Crippen LogP contribution in [0, 0.1) is 0 Å². The zero-order chi connectivity index (χ0) is 33.9. The number of allylic oxidation sites excluding steroid dienone is 2. The second kappa shape index (κ2) is 12.2. The number of benzene rings is 4. The normalized spacial score (nSPS) is 17.0. The first-order chi connectivity index (χ1) is 23.7. The molecule has 2 aliphatic rings. The van der Waals surface area contributed by atoms with E-state index in [1.165, 1.54) is 77.9 Å². The maximum absolute atomic E-state index is 5.74. The Balaban J connectivity index is 1.29. The number of furan rings is 2. The predicted octanol–water partition coefficient (Wildman–Crippen LogP) is 13.2. The lowest BCUT2D eigenvalue weighted by molar-refractivity contribution is 0.566. The summed E-state index contributed by atoms with van der Waals surface area (Å²) < 4.78 is 11.5. The molecule has 2 nitrogen and oxygen atoms in total. The van der Waals surface area contributed by atoms with Gasteiger partial charge in [0, 0.05) is 22.2 Å². The highest BCUT2D eigenvalue weighted by atomic mass is 28.3. The highest BCUT2D eigenvalue weighted by Crippen LogP contribution is 2.58. The van der Waals surface area contributed by atoms with Crippen molar-refractivity contribution in [1.29, 1.82) is 0 Å². The summed E-state index contributed by atoms with van der Waals surface area (Å²) in [6.45, 7) is 14.2. The molecule has 0 radical (unpaired) electrons. The molecule has 2 unspecified atom stereocenters. The van der Waals surface area contributed by atoms with Crippen LogP contribution in [-0.4, -0.2) is 8.07 Å². The third-order valence-corrected chi connectivity index (χ3v) is 15.3. The van der Waals surface area contributed by atoms with Crippen molar-refractivity contribution in [3.8, 4) is 22.3 Å². The van der Waals surface area contributed by atoms with E-state index in [0.717, 1.165) is 0 Å². The van der Waals surface area contributed by atoms with Crippen molar-refractivity contribution in [3.05, 3.63) is 167 Å². The van der Waals surface area contributed by atoms with Gasteiger partial charge in [-0.25, -0.2) is 0 Å². The molecule has 0 aliphatic heterocycles. The summed E-state index contributed by atoms with van der Waals surface area (Å²) in [4.78, 5) is 0. The second-order valence-electron chi connectivity index (χ2n) is 15.1. The monoisotopic (exact) mass is 656 g/mol. The summed E-state index contributed by atoms with van der Waals surface area (Å²) in [5.41, 5.74) is 19.0. The van der Waals surface area contributed by atoms with Gasteiger partial charge in [-0.1, -0.05) is 126 Å². The molecule has 2 heterocycles. The highest BCUT2D eigenvalue weighted by Gasteiger charge is 2.49. The van der Waals surface area contributed by atoms with Crippen LogP contribution in [0.1, 0.15) is 95.1 Å². The van der Waals surface area contributed by atoms with Crippen LogP contribution in [0.2, 0.25) is 13.1 Å². The van der Waals surface area contributed by atoms with Gasteiger partial charge in [-0.15, -0.1) is 0 Å². The largest absolute Gasteiger partial charge is 0.472 e. The van der Waals surface area contributed by atoms with Crippen molar-refractivity contribution in [1.82, 2.24) is 0 Å². The first-order valence-corrected chi connectivity index (χ1v) is 20.8. The van der Waals surface area contributed by atoms with Crippen molar-refractivity contribution >= 4 is 31.4 Å². The van der Waals surface area contributed by atoms with Crippen LogP contribution in [0.15, 0.2) is 131 Å². The Hall–Kier alpha value is -4.86. The zero-order valence-corrected chi connectivity index (χ0v) is 30.3. The molecule has 2 atom stereocenters. The van der Waals surface area contributed by atoms with E-state index in [1.54, 1.807) is 0 Å². The predicted molar refractivity (Wildman–Crippen MR) is 208 cm³/mol. The molecule has 0 fully saturated rings. The van der Waals surface area contributed by atoms with Crippen molar-refractivity contribution < 1.29 is 8.83 Å². The van der Waals surface area contributed by atoms with E-state index in [-0.39, 0.29) is 11.1 Å². The van der Waals surface area contributed by atoms with Gasteiger partial charge in [-0.3, -0.25) is 0 Å². The van der Waals surface area contributed by atoms with Crippen LogP contribution < -0.4 is 0 Å². The first-order valence-electron chi connectivity index (χ1n) is 17.7. The van der Waals surface area contributed by atoms with Crippen molar-refractivity contribution in [3.63, 3.8) is 0 Å². The van der Waals surface area contributed by atoms with E-state index >= 15 is 0 Å². The van der Waals surface area contributed by atoms with Gasteiger partial charge in [0.2, 0.25) is 0 Å². The number of fused-ring (bicyclic) bond motifs is 2. The van der Waals surface area contributed by atoms with Gasteiger partial charge in [0.25, 0.3) is 0 Å². The smallest absolute Gasteiger partial charge is 0.0977 e. The second-order valence-corrected chi connectivity index (χ2v) is 19.9. The summed E-state index contributed by atoms with van der Waals surface area (Å²) in [5.74, 6) is 1.01. The molecule has 49 heavy (non-hydrogen) atoms. The first kappa shape index (κ1) is 31.4. The fourth-order valence-corrected chi connectivity index (χ4v) is 13.1. The Labute approximate surface area is 291 Å².